The Morgan fingerprint density at radius 1 is 1.04 bits per heavy atom. The van der Waals surface area contributed by atoms with E-state index in [1.165, 1.54) is 25.7 Å². The molecule has 0 bridgehead atoms. The van der Waals surface area contributed by atoms with Crippen molar-refractivity contribution in [3.05, 3.63) is 42.1 Å². The molecule has 0 saturated heterocycles. The normalized spacial score (nSPS) is 14.9. The van der Waals surface area contributed by atoms with E-state index < -0.39 is 0 Å². The molecule has 144 valence electrons. The van der Waals surface area contributed by atoms with E-state index in [0.29, 0.717) is 28.8 Å². The smallest absolute Gasteiger partial charge is 0.255 e. The summed E-state index contributed by atoms with van der Waals surface area (Å²) in [6.45, 7) is 0. The Morgan fingerprint density at radius 2 is 1.81 bits per heavy atom. The summed E-state index contributed by atoms with van der Waals surface area (Å²) in [7, 11) is 3.15. The van der Waals surface area contributed by atoms with Crippen LogP contribution in [0.25, 0.3) is 0 Å². The average Bonchev–Trinajstić information content (AvgIpc) is 2.97. The molecule has 6 heteroatoms. The number of carbonyl (C=O) groups excluding carboxylic acids is 1. The second kappa shape index (κ2) is 9.26. The van der Waals surface area contributed by atoms with E-state index in [-0.39, 0.29) is 5.91 Å². The van der Waals surface area contributed by atoms with Gasteiger partial charge in [0.1, 0.15) is 17.3 Å². The molecule has 2 aromatic rings. The van der Waals surface area contributed by atoms with E-state index in [0.717, 1.165) is 18.7 Å². The maximum atomic E-state index is 12.7. The summed E-state index contributed by atoms with van der Waals surface area (Å²) in [6.07, 6.45) is 9.07. The Kier molecular flexibility index (Phi) is 6.52. The highest BCUT2D eigenvalue weighted by Crippen LogP contribution is 2.29. The maximum absolute atomic E-state index is 12.7. The van der Waals surface area contributed by atoms with Crippen LogP contribution in [-0.2, 0) is 0 Å². The number of nitrogens with zero attached hydrogens (tertiary/aromatic N) is 1. The fraction of sp³-hybridized carbons (Fsp3) is 0.429. The third kappa shape index (κ3) is 5.12. The molecule has 6 nitrogen and oxygen atoms in total. The van der Waals surface area contributed by atoms with Gasteiger partial charge in [-0.05, 0) is 37.1 Å². The predicted octanol–water partition coefficient (Wildman–Crippen LogP) is 4.49. The van der Waals surface area contributed by atoms with Crippen LogP contribution < -0.4 is 20.1 Å². The molecule has 1 aromatic carbocycles. The minimum atomic E-state index is -0.204. The number of hydrogen-bond donors (Lipinski definition) is 2. The summed E-state index contributed by atoms with van der Waals surface area (Å²) in [6, 6.07) is 9.23. The van der Waals surface area contributed by atoms with Crippen molar-refractivity contribution in [2.45, 2.75) is 44.6 Å². The number of rotatable bonds is 6. The third-order valence-electron chi connectivity index (χ3n) is 4.89. The number of ether oxygens (including phenoxy) is 2. The zero-order chi connectivity index (χ0) is 19.1. The van der Waals surface area contributed by atoms with E-state index in [1.54, 1.807) is 50.7 Å². The van der Waals surface area contributed by atoms with Crippen LogP contribution in [0.4, 0.5) is 11.5 Å². The molecule has 1 amide bonds. The highest BCUT2D eigenvalue weighted by atomic mass is 16.5. The van der Waals surface area contributed by atoms with Crippen LogP contribution in [0.15, 0.2) is 36.5 Å². The van der Waals surface area contributed by atoms with E-state index in [2.05, 4.69) is 15.6 Å². The fourth-order valence-electron chi connectivity index (χ4n) is 3.38. The number of carbonyl (C=O) groups is 1. The number of nitrogens with one attached hydrogen (secondary N) is 2. The first-order valence-electron chi connectivity index (χ1n) is 9.45. The molecule has 0 unspecified atom stereocenters. The molecule has 1 heterocycles. The summed E-state index contributed by atoms with van der Waals surface area (Å²) in [4.78, 5) is 17.1. The van der Waals surface area contributed by atoms with Gasteiger partial charge in [-0.15, -0.1) is 0 Å². The first-order chi connectivity index (χ1) is 13.2. The lowest BCUT2D eigenvalue weighted by Gasteiger charge is -2.17. The highest BCUT2D eigenvalue weighted by molar-refractivity contribution is 6.05. The molecule has 1 aliphatic carbocycles. The van der Waals surface area contributed by atoms with Crippen molar-refractivity contribution in [1.29, 1.82) is 0 Å². The topological polar surface area (TPSA) is 72.5 Å². The molecule has 3 rings (SSSR count). The molecule has 0 aliphatic heterocycles. The molecule has 0 radical (unpaired) electrons. The zero-order valence-electron chi connectivity index (χ0n) is 16.0. The van der Waals surface area contributed by atoms with Crippen LogP contribution in [-0.4, -0.2) is 31.2 Å². The van der Waals surface area contributed by atoms with Gasteiger partial charge < -0.3 is 20.1 Å². The lowest BCUT2D eigenvalue weighted by molar-refractivity contribution is 0.102. The van der Waals surface area contributed by atoms with Crippen LogP contribution in [0, 0.1) is 0 Å². The molecular weight excluding hydrogens is 342 g/mol. The van der Waals surface area contributed by atoms with Crippen molar-refractivity contribution < 1.29 is 14.3 Å². The molecule has 27 heavy (non-hydrogen) atoms. The number of aromatic nitrogens is 1. The SMILES string of the molecule is COc1ccc(NC(=O)c2ccnc(NC3CCCCCC3)c2)c(OC)c1. The number of amides is 1. The molecule has 0 atom stereocenters. The molecule has 1 aliphatic rings. The lowest BCUT2D eigenvalue weighted by atomic mass is 10.1. The van der Waals surface area contributed by atoms with E-state index in [4.69, 9.17) is 9.47 Å². The van der Waals surface area contributed by atoms with E-state index in [9.17, 15) is 4.79 Å². The quantitative estimate of drug-likeness (QED) is 0.734. The van der Waals surface area contributed by atoms with Gasteiger partial charge >= 0.3 is 0 Å². The number of hydrogen-bond acceptors (Lipinski definition) is 5. The second-order valence-corrected chi connectivity index (χ2v) is 6.78. The Morgan fingerprint density at radius 3 is 2.52 bits per heavy atom. The third-order valence-corrected chi connectivity index (χ3v) is 4.89. The Bertz CT molecular complexity index is 771. The Balaban J connectivity index is 1.70. The molecule has 2 N–H and O–H groups in total. The molecular formula is C21H27N3O3. The minimum absolute atomic E-state index is 0.204. The van der Waals surface area contributed by atoms with Gasteiger partial charge in [0, 0.05) is 23.9 Å². The Hall–Kier alpha value is -2.76. The van der Waals surface area contributed by atoms with Crippen LogP contribution in [0.1, 0.15) is 48.9 Å². The van der Waals surface area contributed by atoms with Crippen LogP contribution in [0.3, 0.4) is 0 Å². The summed E-state index contributed by atoms with van der Waals surface area (Å²) in [5.74, 6) is 1.76. The summed E-state index contributed by atoms with van der Waals surface area (Å²) < 4.78 is 10.5. The Labute approximate surface area is 160 Å². The molecule has 0 spiro atoms. The van der Waals surface area contributed by atoms with Gasteiger partial charge in [-0.2, -0.15) is 0 Å². The van der Waals surface area contributed by atoms with Crippen molar-refractivity contribution in [2.24, 2.45) is 0 Å². The van der Waals surface area contributed by atoms with Crippen molar-refractivity contribution in [1.82, 2.24) is 4.98 Å². The van der Waals surface area contributed by atoms with Crippen molar-refractivity contribution in [2.75, 3.05) is 24.9 Å². The summed E-state index contributed by atoms with van der Waals surface area (Å²) >= 11 is 0. The zero-order valence-corrected chi connectivity index (χ0v) is 16.0. The standard InChI is InChI=1S/C21H27N3O3/c1-26-17-9-10-18(19(14-17)27-2)24-21(25)15-11-12-22-20(13-15)23-16-7-5-3-4-6-8-16/h9-14,16H,3-8H2,1-2H3,(H,22,23)(H,24,25). The largest absolute Gasteiger partial charge is 0.497 e. The van der Waals surface area contributed by atoms with Gasteiger partial charge in [0.15, 0.2) is 0 Å². The van der Waals surface area contributed by atoms with Crippen LogP contribution in [0.5, 0.6) is 11.5 Å². The van der Waals surface area contributed by atoms with E-state index in [1.807, 2.05) is 0 Å². The molecule has 1 aromatic heterocycles. The van der Waals surface area contributed by atoms with E-state index >= 15 is 0 Å². The van der Waals surface area contributed by atoms with Gasteiger partial charge in [-0.25, -0.2) is 4.98 Å². The van der Waals surface area contributed by atoms with Crippen molar-refractivity contribution in [3.63, 3.8) is 0 Å². The summed E-state index contributed by atoms with van der Waals surface area (Å²) in [5, 5.41) is 6.38. The average molecular weight is 369 g/mol. The highest BCUT2D eigenvalue weighted by Gasteiger charge is 2.15. The number of benzene rings is 1. The minimum Gasteiger partial charge on any atom is -0.497 e. The van der Waals surface area contributed by atoms with Gasteiger partial charge in [-0.1, -0.05) is 25.7 Å². The fourth-order valence-corrected chi connectivity index (χ4v) is 3.38. The lowest BCUT2D eigenvalue weighted by Crippen LogP contribution is -2.20. The first kappa shape index (κ1) is 19.0. The molecule has 1 fully saturated rings. The van der Waals surface area contributed by atoms with Gasteiger partial charge in [0.25, 0.3) is 5.91 Å². The number of anilines is 2. The number of methoxy groups -OCH3 is 2. The monoisotopic (exact) mass is 369 g/mol. The number of pyridine rings is 1. The first-order valence-corrected chi connectivity index (χ1v) is 9.45. The van der Waals surface area contributed by atoms with Crippen molar-refractivity contribution in [3.8, 4) is 11.5 Å². The van der Waals surface area contributed by atoms with Crippen LogP contribution in [0.2, 0.25) is 0 Å². The van der Waals surface area contributed by atoms with Crippen molar-refractivity contribution >= 4 is 17.4 Å². The van der Waals surface area contributed by atoms with Gasteiger partial charge in [0.2, 0.25) is 0 Å². The van der Waals surface area contributed by atoms with Gasteiger partial charge in [-0.3, -0.25) is 4.79 Å². The van der Waals surface area contributed by atoms with Gasteiger partial charge in [0.05, 0.1) is 19.9 Å². The predicted molar refractivity (Wildman–Crippen MR) is 107 cm³/mol. The maximum Gasteiger partial charge on any atom is 0.255 e. The molecule has 1 saturated carbocycles. The van der Waals surface area contributed by atoms with Crippen LogP contribution >= 0.6 is 0 Å². The summed E-state index contributed by atoms with van der Waals surface area (Å²) in [5.41, 5.74) is 1.15. The second-order valence-electron chi connectivity index (χ2n) is 6.78.